The molecule has 0 rings (SSSR count). The molecule has 0 aromatic carbocycles. The first-order valence-electron chi connectivity index (χ1n) is 28.7. The molecule has 0 aliphatic carbocycles. The predicted octanol–water partition coefficient (Wildman–Crippen LogP) is 16.8. The monoisotopic (exact) mass is 905 g/mol. The van der Waals surface area contributed by atoms with Crippen LogP contribution in [0.2, 0.25) is 0 Å². The molecule has 0 aliphatic rings. The molecule has 1 N–H and O–H groups in total. The molecule has 380 valence electrons. The third-order valence-corrected chi connectivity index (χ3v) is 13.7. The zero-order valence-electron chi connectivity index (χ0n) is 44.0. The molecular weight excluding hydrogens is 793 g/mol. The Kier molecular flexibility index (Phi) is 48.0. The van der Waals surface area contributed by atoms with Crippen LogP contribution in [0.5, 0.6) is 0 Å². The summed E-state index contributed by atoms with van der Waals surface area (Å²) in [5.74, 6) is 0.649. The number of carbonyl (C=O) groups is 3. The number of carbonyl (C=O) groups excluding carboxylic acids is 3. The summed E-state index contributed by atoms with van der Waals surface area (Å²) in [6.45, 7) is 14.1. The fraction of sp³-hybridized carbons (Fsp3) is 0.947. The highest BCUT2D eigenvalue weighted by Crippen LogP contribution is 2.24. The minimum absolute atomic E-state index is 0.0477. The van der Waals surface area contributed by atoms with E-state index in [-0.39, 0.29) is 23.8 Å². The van der Waals surface area contributed by atoms with Crippen molar-refractivity contribution in [2.24, 2.45) is 11.8 Å². The van der Waals surface area contributed by atoms with E-state index in [1.165, 1.54) is 141 Å². The topological polar surface area (TPSA) is 84.9 Å². The quantitative estimate of drug-likeness (QED) is 0.0483. The van der Waals surface area contributed by atoms with Crippen molar-refractivity contribution in [3.05, 3.63) is 0 Å². The number of hydrogen-bond acceptors (Lipinski definition) is 6. The van der Waals surface area contributed by atoms with Crippen LogP contribution in [0.3, 0.4) is 0 Å². The van der Waals surface area contributed by atoms with Gasteiger partial charge in [-0.15, -0.1) is 0 Å². The predicted molar refractivity (Wildman–Crippen MR) is 276 cm³/mol. The minimum Gasteiger partial charge on any atom is -0.465 e. The lowest BCUT2D eigenvalue weighted by Crippen LogP contribution is -2.41. The number of nitrogens with one attached hydrogen (secondary N) is 1. The van der Waals surface area contributed by atoms with Crippen LogP contribution in [-0.2, 0) is 23.9 Å². The molecule has 7 heteroatoms. The maximum Gasteiger partial charge on any atom is 0.308 e. The maximum atomic E-state index is 13.8. The van der Waals surface area contributed by atoms with Gasteiger partial charge in [-0.25, -0.2) is 0 Å². The van der Waals surface area contributed by atoms with E-state index in [4.69, 9.17) is 9.47 Å². The summed E-state index contributed by atoms with van der Waals surface area (Å²) in [4.78, 5) is 41.8. The average Bonchev–Trinajstić information content (AvgIpc) is 3.29. The molecule has 0 fully saturated rings. The highest BCUT2D eigenvalue weighted by molar-refractivity contribution is 5.76. The fourth-order valence-corrected chi connectivity index (χ4v) is 9.38. The van der Waals surface area contributed by atoms with Gasteiger partial charge in [-0.1, -0.05) is 227 Å². The third-order valence-electron chi connectivity index (χ3n) is 13.7. The van der Waals surface area contributed by atoms with E-state index in [1.54, 1.807) is 0 Å². The summed E-state index contributed by atoms with van der Waals surface area (Å²) in [6.07, 6.45) is 47.3. The van der Waals surface area contributed by atoms with Gasteiger partial charge in [-0.2, -0.15) is 0 Å². The van der Waals surface area contributed by atoms with Gasteiger partial charge >= 0.3 is 11.9 Å². The van der Waals surface area contributed by atoms with Gasteiger partial charge in [0.15, 0.2) is 0 Å². The van der Waals surface area contributed by atoms with Crippen molar-refractivity contribution in [3.63, 3.8) is 0 Å². The number of unbranched alkanes of at least 4 members (excludes halogenated alkanes) is 26. The van der Waals surface area contributed by atoms with Gasteiger partial charge in [0.05, 0.1) is 25.0 Å². The van der Waals surface area contributed by atoms with E-state index in [0.717, 1.165) is 129 Å². The van der Waals surface area contributed by atoms with Gasteiger partial charge in [0, 0.05) is 19.0 Å². The number of nitrogens with zero attached hydrogens (tertiary/aromatic N) is 1. The van der Waals surface area contributed by atoms with Gasteiger partial charge in [0.25, 0.3) is 0 Å². The van der Waals surface area contributed by atoms with Crippen molar-refractivity contribution < 1.29 is 23.9 Å². The zero-order chi connectivity index (χ0) is 47.0. The Bertz CT molecular complexity index is 950. The van der Waals surface area contributed by atoms with Crippen LogP contribution in [0.1, 0.15) is 298 Å². The Morgan fingerprint density at radius 2 is 0.719 bits per heavy atom. The molecule has 0 bridgehead atoms. The van der Waals surface area contributed by atoms with Crippen LogP contribution in [0, 0.1) is 11.8 Å². The smallest absolute Gasteiger partial charge is 0.308 e. The number of rotatable bonds is 51. The summed E-state index contributed by atoms with van der Waals surface area (Å²) in [7, 11) is 1.98. The molecule has 0 radical (unpaired) electrons. The van der Waals surface area contributed by atoms with Crippen molar-refractivity contribution in [1.82, 2.24) is 10.2 Å². The first-order chi connectivity index (χ1) is 31.4. The Balaban J connectivity index is 4.91. The lowest BCUT2D eigenvalue weighted by atomic mass is 9.95. The van der Waals surface area contributed by atoms with Crippen molar-refractivity contribution in [3.8, 4) is 0 Å². The molecule has 2 unspecified atom stereocenters. The minimum atomic E-state index is 0.0477. The molecule has 1 amide bonds. The van der Waals surface area contributed by atoms with E-state index in [9.17, 15) is 14.4 Å². The van der Waals surface area contributed by atoms with E-state index < -0.39 is 0 Å². The Morgan fingerprint density at radius 1 is 0.391 bits per heavy atom. The Morgan fingerprint density at radius 3 is 1.12 bits per heavy atom. The molecule has 0 saturated heterocycles. The van der Waals surface area contributed by atoms with Crippen molar-refractivity contribution in [2.45, 2.75) is 304 Å². The largest absolute Gasteiger partial charge is 0.465 e. The first-order valence-corrected chi connectivity index (χ1v) is 28.7. The number of hydrogen-bond donors (Lipinski definition) is 1. The summed E-state index contributed by atoms with van der Waals surface area (Å²) >= 11 is 0. The number of esters is 2. The molecule has 0 heterocycles. The third kappa shape index (κ3) is 38.5. The molecular formula is C57H112N2O5. The van der Waals surface area contributed by atoms with Crippen LogP contribution in [0.25, 0.3) is 0 Å². The lowest BCUT2D eigenvalue weighted by molar-refractivity contribution is -0.150. The van der Waals surface area contributed by atoms with Crippen LogP contribution in [0.4, 0.5) is 0 Å². The summed E-state index contributed by atoms with van der Waals surface area (Å²) in [6, 6.07) is 0.354. The molecule has 0 aromatic heterocycles. The number of ether oxygens (including phenoxy) is 2. The van der Waals surface area contributed by atoms with Crippen molar-refractivity contribution >= 4 is 17.8 Å². The summed E-state index contributed by atoms with van der Waals surface area (Å²) in [5.41, 5.74) is 0. The van der Waals surface area contributed by atoms with Crippen molar-refractivity contribution in [2.75, 3.05) is 33.4 Å². The van der Waals surface area contributed by atoms with Gasteiger partial charge in [0.1, 0.15) is 0 Å². The Labute approximate surface area is 399 Å². The average molecular weight is 906 g/mol. The second kappa shape index (κ2) is 49.3. The van der Waals surface area contributed by atoms with Gasteiger partial charge < -0.3 is 19.7 Å². The maximum absolute atomic E-state index is 13.8. The van der Waals surface area contributed by atoms with E-state index in [2.05, 4.69) is 44.8 Å². The standard InChI is InChI=1S/C57H112N2O5/c1-7-12-17-20-25-30-37-49-59(55(60)47-40-48-58-6)54(45-35-28-23-21-26-31-38-50-63-56(61)52(41-15-10-4)43-33-18-13-8-2)46-36-29-24-22-27-32-39-51-64-57(62)53(42-16-11-5)44-34-19-14-9-3/h52-54,58H,7-51H2,1-6H3. The van der Waals surface area contributed by atoms with Gasteiger partial charge in [0.2, 0.25) is 5.91 Å². The zero-order valence-corrected chi connectivity index (χ0v) is 44.0. The summed E-state index contributed by atoms with van der Waals surface area (Å²) in [5, 5.41) is 3.24. The SMILES string of the molecule is CCCCCCCCCN(C(=O)CCCNC)C(CCCCCCCCCOC(=O)C(CCCC)CCCCCC)CCCCCCCCCOC(=O)C(CCCC)CCCCCC. The molecule has 2 atom stereocenters. The molecule has 7 nitrogen and oxygen atoms in total. The Hall–Kier alpha value is -1.63. The second-order valence-electron chi connectivity index (χ2n) is 19.8. The van der Waals surface area contributed by atoms with Gasteiger partial charge in [-0.3, -0.25) is 14.4 Å². The lowest BCUT2D eigenvalue weighted by Gasteiger charge is -2.33. The second-order valence-corrected chi connectivity index (χ2v) is 19.8. The normalized spacial score (nSPS) is 12.9. The molecule has 0 spiro atoms. The molecule has 0 aliphatic heterocycles. The highest BCUT2D eigenvalue weighted by Gasteiger charge is 2.23. The van der Waals surface area contributed by atoms with E-state index >= 15 is 0 Å². The van der Waals surface area contributed by atoms with Crippen LogP contribution in [-0.4, -0.2) is 62.1 Å². The van der Waals surface area contributed by atoms with Crippen LogP contribution < -0.4 is 5.32 Å². The highest BCUT2D eigenvalue weighted by atomic mass is 16.5. The molecule has 64 heavy (non-hydrogen) atoms. The fourth-order valence-electron chi connectivity index (χ4n) is 9.38. The first kappa shape index (κ1) is 62.4. The van der Waals surface area contributed by atoms with Crippen molar-refractivity contribution in [1.29, 1.82) is 0 Å². The molecule has 0 saturated carbocycles. The van der Waals surface area contributed by atoms with Gasteiger partial charge in [-0.05, 0) is 77.8 Å². The van der Waals surface area contributed by atoms with Crippen LogP contribution >= 0.6 is 0 Å². The van der Waals surface area contributed by atoms with Crippen LogP contribution in [0.15, 0.2) is 0 Å². The van der Waals surface area contributed by atoms with E-state index in [0.29, 0.717) is 31.6 Å². The van der Waals surface area contributed by atoms with E-state index in [1.807, 2.05) is 7.05 Å². The number of amides is 1. The summed E-state index contributed by atoms with van der Waals surface area (Å²) < 4.78 is 11.6. The molecule has 0 aromatic rings.